The Balaban J connectivity index is 1.92. The molecular formula is C17H26ClNO. The lowest BCUT2D eigenvalue weighted by Gasteiger charge is -2.35. The number of benzene rings is 1. The van der Waals surface area contributed by atoms with Crippen molar-refractivity contribution in [3.63, 3.8) is 0 Å². The Bertz CT molecular complexity index is 423. The zero-order chi connectivity index (χ0) is 14.5. The minimum absolute atomic E-state index is 0.0223. The summed E-state index contributed by atoms with van der Waals surface area (Å²) in [6, 6.07) is 7.64. The van der Waals surface area contributed by atoms with Crippen molar-refractivity contribution in [2.75, 3.05) is 0 Å². The van der Waals surface area contributed by atoms with E-state index in [1.165, 1.54) is 32.1 Å². The van der Waals surface area contributed by atoms with Gasteiger partial charge in [0, 0.05) is 11.1 Å². The molecule has 0 heterocycles. The molecule has 0 aliphatic heterocycles. The van der Waals surface area contributed by atoms with Crippen LogP contribution >= 0.6 is 11.6 Å². The molecule has 0 bridgehead atoms. The minimum Gasteiger partial charge on any atom is -0.489 e. The minimum atomic E-state index is 0.0223. The number of hydrogen-bond acceptors (Lipinski definition) is 2. The van der Waals surface area contributed by atoms with E-state index in [1.54, 1.807) is 0 Å². The fraction of sp³-hybridized carbons (Fsp3) is 0.647. The molecule has 20 heavy (non-hydrogen) atoms. The Morgan fingerprint density at radius 1 is 1.40 bits per heavy atom. The van der Waals surface area contributed by atoms with Gasteiger partial charge >= 0.3 is 0 Å². The van der Waals surface area contributed by atoms with Gasteiger partial charge in [0.25, 0.3) is 0 Å². The van der Waals surface area contributed by atoms with E-state index in [4.69, 9.17) is 22.1 Å². The lowest BCUT2D eigenvalue weighted by Crippen LogP contribution is -2.44. The van der Waals surface area contributed by atoms with Crippen LogP contribution in [0.4, 0.5) is 0 Å². The SMILES string of the molecule is CCC1CCCC(C(N)C(C)Oc2cccc(Cl)c2)C1. The standard InChI is InChI=1S/C17H26ClNO/c1-3-13-6-4-7-14(10-13)17(19)12(2)20-16-9-5-8-15(18)11-16/h5,8-9,11-14,17H,3-4,6-7,10,19H2,1-2H3. The normalized spacial score (nSPS) is 26.0. The molecule has 1 fully saturated rings. The summed E-state index contributed by atoms with van der Waals surface area (Å²) in [4.78, 5) is 0. The second-order valence-electron chi connectivity index (χ2n) is 6.06. The summed E-state index contributed by atoms with van der Waals surface area (Å²) < 4.78 is 5.97. The van der Waals surface area contributed by atoms with Gasteiger partial charge in [0.1, 0.15) is 11.9 Å². The smallest absolute Gasteiger partial charge is 0.121 e. The third-order valence-electron chi connectivity index (χ3n) is 4.61. The van der Waals surface area contributed by atoms with Crippen LogP contribution in [0.5, 0.6) is 5.75 Å². The molecular weight excluding hydrogens is 270 g/mol. The first-order chi connectivity index (χ1) is 9.60. The first-order valence-electron chi connectivity index (χ1n) is 7.78. The van der Waals surface area contributed by atoms with Crippen LogP contribution in [-0.2, 0) is 0 Å². The van der Waals surface area contributed by atoms with Crippen LogP contribution in [0, 0.1) is 11.8 Å². The summed E-state index contributed by atoms with van der Waals surface area (Å²) in [5.41, 5.74) is 6.44. The lowest BCUT2D eigenvalue weighted by molar-refractivity contribution is 0.124. The number of ether oxygens (including phenoxy) is 1. The summed E-state index contributed by atoms with van der Waals surface area (Å²) in [5, 5.41) is 0.701. The molecule has 112 valence electrons. The van der Waals surface area contributed by atoms with E-state index in [-0.39, 0.29) is 12.1 Å². The predicted octanol–water partition coefficient (Wildman–Crippen LogP) is 4.65. The van der Waals surface area contributed by atoms with Crippen molar-refractivity contribution in [2.45, 2.75) is 58.1 Å². The fourth-order valence-corrected chi connectivity index (χ4v) is 3.45. The van der Waals surface area contributed by atoms with Crippen LogP contribution in [-0.4, -0.2) is 12.1 Å². The van der Waals surface area contributed by atoms with Gasteiger partial charge < -0.3 is 10.5 Å². The fourth-order valence-electron chi connectivity index (χ4n) is 3.27. The van der Waals surface area contributed by atoms with E-state index in [0.717, 1.165) is 11.7 Å². The van der Waals surface area contributed by atoms with Crippen LogP contribution in [0.25, 0.3) is 0 Å². The molecule has 0 spiro atoms. The third kappa shape index (κ3) is 4.13. The van der Waals surface area contributed by atoms with Crippen molar-refractivity contribution < 1.29 is 4.74 Å². The Morgan fingerprint density at radius 2 is 2.20 bits per heavy atom. The number of hydrogen-bond donors (Lipinski definition) is 1. The van der Waals surface area contributed by atoms with Crippen LogP contribution in [0.1, 0.15) is 46.0 Å². The molecule has 2 rings (SSSR count). The van der Waals surface area contributed by atoms with Crippen LogP contribution in [0.2, 0.25) is 5.02 Å². The maximum Gasteiger partial charge on any atom is 0.121 e. The zero-order valence-corrected chi connectivity index (χ0v) is 13.3. The maximum absolute atomic E-state index is 6.44. The summed E-state index contributed by atoms with van der Waals surface area (Å²) in [7, 11) is 0. The van der Waals surface area contributed by atoms with E-state index in [2.05, 4.69) is 13.8 Å². The van der Waals surface area contributed by atoms with Gasteiger partial charge in [-0.15, -0.1) is 0 Å². The van der Waals surface area contributed by atoms with E-state index < -0.39 is 0 Å². The largest absolute Gasteiger partial charge is 0.489 e. The molecule has 4 atom stereocenters. The number of halogens is 1. The summed E-state index contributed by atoms with van der Waals surface area (Å²) in [6.45, 7) is 4.35. The second kappa shape index (κ2) is 7.33. The lowest BCUT2D eigenvalue weighted by atomic mass is 9.76. The van der Waals surface area contributed by atoms with Crippen LogP contribution in [0.15, 0.2) is 24.3 Å². The molecule has 2 nitrogen and oxygen atoms in total. The molecule has 1 aliphatic carbocycles. The molecule has 1 aromatic carbocycles. The number of nitrogens with two attached hydrogens (primary N) is 1. The van der Waals surface area contributed by atoms with Gasteiger partial charge in [0.05, 0.1) is 0 Å². The highest BCUT2D eigenvalue weighted by Gasteiger charge is 2.29. The van der Waals surface area contributed by atoms with Crippen molar-refractivity contribution >= 4 is 11.6 Å². The molecule has 0 radical (unpaired) electrons. The van der Waals surface area contributed by atoms with E-state index in [9.17, 15) is 0 Å². The Kier molecular flexibility index (Phi) is 5.74. The molecule has 4 unspecified atom stereocenters. The highest BCUT2D eigenvalue weighted by molar-refractivity contribution is 6.30. The zero-order valence-electron chi connectivity index (χ0n) is 12.5. The van der Waals surface area contributed by atoms with E-state index in [0.29, 0.717) is 10.9 Å². The first kappa shape index (κ1) is 15.7. The molecule has 0 amide bonds. The van der Waals surface area contributed by atoms with Gasteiger partial charge in [0.15, 0.2) is 0 Å². The molecule has 1 aromatic rings. The highest BCUT2D eigenvalue weighted by Crippen LogP contribution is 2.33. The van der Waals surface area contributed by atoms with Crippen LogP contribution < -0.4 is 10.5 Å². The van der Waals surface area contributed by atoms with E-state index in [1.807, 2.05) is 24.3 Å². The highest BCUT2D eigenvalue weighted by atomic mass is 35.5. The second-order valence-corrected chi connectivity index (χ2v) is 6.50. The maximum atomic E-state index is 6.44. The Hall–Kier alpha value is -0.730. The van der Waals surface area contributed by atoms with Gasteiger partial charge in [-0.3, -0.25) is 0 Å². The summed E-state index contributed by atoms with van der Waals surface area (Å²) >= 11 is 5.98. The molecule has 2 N–H and O–H groups in total. The monoisotopic (exact) mass is 295 g/mol. The van der Waals surface area contributed by atoms with E-state index >= 15 is 0 Å². The average molecular weight is 296 g/mol. The summed E-state index contributed by atoms with van der Waals surface area (Å²) in [5.74, 6) is 2.24. The van der Waals surface area contributed by atoms with Crippen molar-refractivity contribution in [2.24, 2.45) is 17.6 Å². The molecule has 1 aliphatic rings. The first-order valence-corrected chi connectivity index (χ1v) is 8.15. The average Bonchev–Trinajstić information content (AvgIpc) is 2.46. The van der Waals surface area contributed by atoms with Crippen molar-refractivity contribution in [1.82, 2.24) is 0 Å². The van der Waals surface area contributed by atoms with Gasteiger partial charge in [-0.1, -0.05) is 43.9 Å². The topological polar surface area (TPSA) is 35.2 Å². The van der Waals surface area contributed by atoms with Gasteiger partial charge in [-0.25, -0.2) is 0 Å². The summed E-state index contributed by atoms with van der Waals surface area (Å²) in [6.07, 6.45) is 6.45. The predicted molar refractivity (Wildman–Crippen MR) is 85.3 cm³/mol. The quantitative estimate of drug-likeness (QED) is 0.858. The van der Waals surface area contributed by atoms with Gasteiger partial charge in [-0.2, -0.15) is 0 Å². The van der Waals surface area contributed by atoms with Crippen LogP contribution in [0.3, 0.4) is 0 Å². The Labute approximate surface area is 127 Å². The Morgan fingerprint density at radius 3 is 2.90 bits per heavy atom. The molecule has 0 aromatic heterocycles. The molecule has 0 saturated heterocycles. The number of rotatable bonds is 5. The van der Waals surface area contributed by atoms with Gasteiger partial charge in [0.2, 0.25) is 0 Å². The van der Waals surface area contributed by atoms with Crippen molar-refractivity contribution in [3.05, 3.63) is 29.3 Å². The van der Waals surface area contributed by atoms with Crippen molar-refractivity contribution in [3.8, 4) is 5.75 Å². The third-order valence-corrected chi connectivity index (χ3v) is 4.84. The van der Waals surface area contributed by atoms with Crippen molar-refractivity contribution in [1.29, 1.82) is 0 Å². The molecule has 1 saturated carbocycles. The molecule has 3 heteroatoms. The van der Waals surface area contributed by atoms with Gasteiger partial charge in [-0.05, 0) is 49.8 Å².